The van der Waals surface area contributed by atoms with Gasteiger partial charge in [-0.05, 0) is 17.7 Å². The lowest BCUT2D eigenvalue weighted by Gasteiger charge is -2.06. The van der Waals surface area contributed by atoms with Crippen LogP contribution in [0.3, 0.4) is 0 Å². The van der Waals surface area contributed by atoms with Gasteiger partial charge in [-0.2, -0.15) is 0 Å². The van der Waals surface area contributed by atoms with Crippen molar-refractivity contribution in [2.24, 2.45) is 0 Å². The lowest BCUT2D eigenvalue weighted by Crippen LogP contribution is -2.23. The largest absolute Gasteiger partial charge is 0.454 e. The summed E-state index contributed by atoms with van der Waals surface area (Å²) in [4.78, 5) is 23.8. The molecule has 1 N–H and O–H groups in total. The van der Waals surface area contributed by atoms with Crippen LogP contribution in [0.2, 0.25) is 0 Å². The Kier molecular flexibility index (Phi) is 4.57. The Balaban J connectivity index is 1.46. The first-order valence-corrected chi connectivity index (χ1v) is 7.46. The van der Waals surface area contributed by atoms with Gasteiger partial charge in [0.2, 0.25) is 12.7 Å². The molecule has 0 aliphatic carbocycles. The van der Waals surface area contributed by atoms with E-state index >= 15 is 0 Å². The van der Waals surface area contributed by atoms with Gasteiger partial charge in [0.1, 0.15) is 0 Å². The normalized spacial score (nSPS) is 12.0. The summed E-state index contributed by atoms with van der Waals surface area (Å²) in [6, 6.07) is 14.5. The molecule has 2 aromatic carbocycles. The van der Waals surface area contributed by atoms with Crippen LogP contribution < -0.4 is 14.8 Å². The highest BCUT2D eigenvalue weighted by molar-refractivity contribution is 5.97. The van der Waals surface area contributed by atoms with Crippen molar-refractivity contribution in [3.63, 3.8) is 0 Å². The van der Waals surface area contributed by atoms with Gasteiger partial charge in [-0.1, -0.05) is 36.4 Å². The maximum absolute atomic E-state index is 11.9. The first kappa shape index (κ1) is 15.1. The second kappa shape index (κ2) is 6.96. The lowest BCUT2D eigenvalue weighted by molar-refractivity contribution is -0.121. The number of Topliss-reactive ketones (excluding diaryl/α,β-unsaturated/α-hetero) is 1. The van der Waals surface area contributed by atoms with Gasteiger partial charge in [-0.15, -0.1) is 0 Å². The van der Waals surface area contributed by atoms with E-state index in [1.165, 1.54) is 0 Å². The minimum atomic E-state index is -0.146. The highest BCUT2D eigenvalue weighted by atomic mass is 16.7. The molecule has 1 aliphatic heterocycles. The van der Waals surface area contributed by atoms with Crippen LogP contribution in [0, 0.1) is 0 Å². The molecule has 23 heavy (non-hydrogen) atoms. The third kappa shape index (κ3) is 3.88. The van der Waals surface area contributed by atoms with Gasteiger partial charge in [0, 0.05) is 24.9 Å². The Labute approximate surface area is 134 Å². The molecule has 3 rings (SSSR count). The quantitative estimate of drug-likeness (QED) is 0.833. The van der Waals surface area contributed by atoms with E-state index in [4.69, 9.17) is 9.47 Å². The molecular weight excluding hydrogens is 294 g/mol. The summed E-state index contributed by atoms with van der Waals surface area (Å²) in [6.45, 7) is 0.627. The van der Waals surface area contributed by atoms with Gasteiger partial charge in [-0.25, -0.2) is 0 Å². The summed E-state index contributed by atoms with van der Waals surface area (Å²) < 4.78 is 10.5. The fraction of sp³-hybridized carbons (Fsp3) is 0.222. The Bertz CT molecular complexity index is 712. The SMILES string of the molecule is O=C(CCC(=O)c1ccccc1)NCc1ccc2c(c1)OCO2. The molecule has 5 heteroatoms. The summed E-state index contributed by atoms with van der Waals surface area (Å²) >= 11 is 0. The molecule has 2 aromatic rings. The Morgan fingerprint density at radius 2 is 1.74 bits per heavy atom. The van der Waals surface area contributed by atoms with Gasteiger partial charge >= 0.3 is 0 Å². The van der Waals surface area contributed by atoms with E-state index in [0.717, 1.165) is 5.56 Å². The number of ether oxygens (including phenoxy) is 2. The van der Waals surface area contributed by atoms with E-state index in [-0.39, 0.29) is 31.3 Å². The predicted octanol–water partition coefficient (Wildman–Crippen LogP) is 2.69. The number of hydrogen-bond acceptors (Lipinski definition) is 4. The number of nitrogens with one attached hydrogen (secondary N) is 1. The van der Waals surface area contributed by atoms with Crippen molar-refractivity contribution in [3.05, 3.63) is 59.7 Å². The van der Waals surface area contributed by atoms with Gasteiger partial charge in [0.05, 0.1) is 0 Å². The van der Waals surface area contributed by atoms with Crippen LogP contribution in [0.15, 0.2) is 48.5 Å². The molecular formula is C18H17NO4. The van der Waals surface area contributed by atoms with Crippen LogP contribution >= 0.6 is 0 Å². The number of hydrogen-bond donors (Lipinski definition) is 1. The smallest absolute Gasteiger partial charge is 0.231 e. The molecule has 0 radical (unpaired) electrons. The van der Waals surface area contributed by atoms with Gasteiger partial charge in [0.15, 0.2) is 17.3 Å². The summed E-state index contributed by atoms with van der Waals surface area (Å²) in [6.07, 6.45) is 0.384. The molecule has 0 saturated heterocycles. The number of amides is 1. The van der Waals surface area contributed by atoms with E-state index in [1.807, 2.05) is 36.4 Å². The van der Waals surface area contributed by atoms with Crippen LogP contribution in [0.4, 0.5) is 0 Å². The molecule has 0 spiro atoms. The van der Waals surface area contributed by atoms with Gasteiger partial charge in [-0.3, -0.25) is 9.59 Å². The standard InChI is InChI=1S/C18H17NO4/c20-15(14-4-2-1-3-5-14)7-9-18(21)19-11-13-6-8-16-17(10-13)23-12-22-16/h1-6,8,10H,7,9,11-12H2,(H,19,21). The van der Waals surface area contributed by atoms with E-state index in [1.54, 1.807) is 12.1 Å². The molecule has 1 amide bonds. The maximum atomic E-state index is 11.9. The molecule has 0 saturated carbocycles. The minimum Gasteiger partial charge on any atom is -0.454 e. The molecule has 1 heterocycles. The highest BCUT2D eigenvalue weighted by Gasteiger charge is 2.13. The molecule has 0 bridgehead atoms. The van der Waals surface area contributed by atoms with Crippen LogP contribution in [-0.4, -0.2) is 18.5 Å². The first-order chi connectivity index (χ1) is 11.2. The number of ketones is 1. The highest BCUT2D eigenvalue weighted by Crippen LogP contribution is 2.32. The lowest BCUT2D eigenvalue weighted by atomic mass is 10.1. The summed E-state index contributed by atoms with van der Waals surface area (Å²) in [5.74, 6) is 1.24. The zero-order valence-electron chi connectivity index (χ0n) is 12.6. The van der Waals surface area contributed by atoms with Crippen molar-refractivity contribution < 1.29 is 19.1 Å². The van der Waals surface area contributed by atoms with Crippen LogP contribution in [0.1, 0.15) is 28.8 Å². The number of benzene rings is 2. The summed E-state index contributed by atoms with van der Waals surface area (Å²) in [5.41, 5.74) is 1.56. The minimum absolute atomic E-state index is 0.0242. The van der Waals surface area contributed by atoms with E-state index in [9.17, 15) is 9.59 Å². The number of fused-ring (bicyclic) bond motifs is 1. The second-order valence-electron chi connectivity index (χ2n) is 5.25. The monoisotopic (exact) mass is 311 g/mol. The van der Waals surface area contributed by atoms with Crippen LogP contribution in [-0.2, 0) is 11.3 Å². The Morgan fingerprint density at radius 3 is 2.57 bits per heavy atom. The fourth-order valence-electron chi connectivity index (χ4n) is 2.34. The molecule has 0 fully saturated rings. The molecule has 0 atom stereocenters. The van der Waals surface area contributed by atoms with Crippen molar-refractivity contribution in [1.29, 1.82) is 0 Å². The molecule has 1 aliphatic rings. The second-order valence-corrected chi connectivity index (χ2v) is 5.25. The van der Waals surface area contributed by atoms with Crippen molar-refractivity contribution in [3.8, 4) is 11.5 Å². The average molecular weight is 311 g/mol. The summed E-state index contributed by atoms with van der Waals surface area (Å²) in [7, 11) is 0. The van der Waals surface area contributed by atoms with E-state index in [0.29, 0.717) is 23.6 Å². The first-order valence-electron chi connectivity index (χ1n) is 7.46. The topological polar surface area (TPSA) is 64.6 Å². The average Bonchev–Trinajstić information content (AvgIpc) is 3.06. The molecule has 0 aromatic heterocycles. The van der Waals surface area contributed by atoms with E-state index < -0.39 is 0 Å². The van der Waals surface area contributed by atoms with Crippen molar-refractivity contribution in [2.45, 2.75) is 19.4 Å². The number of carbonyl (C=O) groups is 2. The van der Waals surface area contributed by atoms with Gasteiger partial charge in [0.25, 0.3) is 0 Å². The zero-order valence-corrected chi connectivity index (χ0v) is 12.6. The Hall–Kier alpha value is -2.82. The Morgan fingerprint density at radius 1 is 0.957 bits per heavy atom. The third-order valence-corrected chi connectivity index (χ3v) is 3.60. The van der Waals surface area contributed by atoms with Crippen LogP contribution in [0.25, 0.3) is 0 Å². The molecule has 5 nitrogen and oxygen atoms in total. The molecule has 0 unspecified atom stereocenters. The molecule has 118 valence electrons. The number of rotatable bonds is 6. The van der Waals surface area contributed by atoms with Crippen LogP contribution in [0.5, 0.6) is 11.5 Å². The fourth-order valence-corrected chi connectivity index (χ4v) is 2.34. The maximum Gasteiger partial charge on any atom is 0.231 e. The zero-order chi connectivity index (χ0) is 16.1. The predicted molar refractivity (Wildman–Crippen MR) is 84.4 cm³/mol. The van der Waals surface area contributed by atoms with Crippen molar-refractivity contribution >= 4 is 11.7 Å². The van der Waals surface area contributed by atoms with Crippen molar-refractivity contribution in [2.75, 3.05) is 6.79 Å². The van der Waals surface area contributed by atoms with Gasteiger partial charge < -0.3 is 14.8 Å². The van der Waals surface area contributed by atoms with E-state index in [2.05, 4.69) is 5.32 Å². The summed E-state index contributed by atoms with van der Waals surface area (Å²) in [5, 5.41) is 2.81. The van der Waals surface area contributed by atoms with Crippen molar-refractivity contribution in [1.82, 2.24) is 5.32 Å². The third-order valence-electron chi connectivity index (χ3n) is 3.60. The number of carbonyl (C=O) groups excluding carboxylic acids is 2.